The van der Waals surface area contributed by atoms with Gasteiger partial charge in [0.05, 0.1) is 30.7 Å². The lowest BCUT2D eigenvalue weighted by atomic mass is 9.98. The normalized spacial score (nSPS) is 15.2. The summed E-state index contributed by atoms with van der Waals surface area (Å²) >= 11 is 0. The lowest BCUT2D eigenvalue weighted by Crippen LogP contribution is -2.32. The van der Waals surface area contributed by atoms with Crippen molar-refractivity contribution >= 4 is 16.9 Å². The lowest BCUT2D eigenvalue weighted by Gasteiger charge is -2.26. The molecule has 3 aromatic rings. The van der Waals surface area contributed by atoms with E-state index in [1.54, 1.807) is 36.3 Å². The van der Waals surface area contributed by atoms with Gasteiger partial charge in [-0.1, -0.05) is 38.0 Å². The SMILES string of the molecule is CCCCCOc1ccc(C2c3c(oc4ccccc4c3=O)C(=O)N2CCCN(C)C)cc1OC. The van der Waals surface area contributed by atoms with E-state index in [1.807, 2.05) is 32.3 Å². The molecule has 0 saturated heterocycles. The topological polar surface area (TPSA) is 72.2 Å². The van der Waals surface area contributed by atoms with Crippen LogP contribution in [0.1, 0.15) is 60.3 Å². The van der Waals surface area contributed by atoms with E-state index >= 15 is 0 Å². The van der Waals surface area contributed by atoms with Gasteiger partial charge in [0.1, 0.15) is 5.58 Å². The molecular weight excluding hydrogens is 444 g/mol. The number of nitrogens with zero attached hydrogens (tertiary/aromatic N) is 2. The summed E-state index contributed by atoms with van der Waals surface area (Å²) in [5.41, 5.74) is 1.43. The van der Waals surface area contributed by atoms with Crippen molar-refractivity contribution in [2.45, 2.75) is 38.6 Å². The highest BCUT2D eigenvalue weighted by molar-refractivity contribution is 5.99. The van der Waals surface area contributed by atoms with Crippen molar-refractivity contribution in [3.05, 3.63) is 69.6 Å². The molecular formula is C28H34N2O5. The molecule has 2 aromatic carbocycles. The molecule has 0 bridgehead atoms. The minimum atomic E-state index is -0.552. The molecule has 35 heavy (non-hydrogen) atoms. The van der Waals surface area contributed by atoms with E-state index in [0.717, 1.165) is 37.8 Å². The maximum atomic E-state index is 13.6. The molecule has 186 valence electrons. The highest BCUT2D eigenvalue weighted by Crippen LogP contribution is 2.41. The van der Waals surface area contributed by atoms with Crippen LogP contribution in [-0.4, -0.2) is 56.6 Å². The first-order chi connectivity index (χ1) is 17.0. The Morgan fingerprint density at radius 2 is 1.83 bits per heavy atom. The van der Waals surface area contributed by atoms with E-state index in [1.165, 1.54) is 0 Å². The average molecular weight is 479 g/mol. The Morgan fingerprint density at radius 1 is 1.03 bits per heavy atom. The number of methoxy groups -OCH3 is 1. The Morgan fingerprint density at radius 3 is 2.57 bits per heavy atom. The molecule has 1 aliphatic rings. The van der Waals surface area contributed by atoms with Crippen LogP contribution in [-0.2, 0) is 0 Å². The number of benzene rings is 2. The van der Waals surface area contributed by atoms with Crippen LogP contribution in [0.15, 0.2) is 51.7 Å². The summed E-state index contributed by atoms with van der Waals surface area (Å²) in [5.74, 6) is 1.10. The summed E-state index contributed by atoms with van der Waals surface area (Å²) in [4.78, 5) is 30.9. The van der Waals surface area contributed by atoms with E-state index in [-0.39, 0.29) is 17.1 Å². The summed E-state index contributed by atoms with van der Waals surface area (Å²) in [6.07, 6.45) is 3.97. The van der Waals surface area contributed by atoms with Crippen LogP contribution >= 0.6 is 0 Å². The van der Waals surface area contributed by atoms with Gasteiger partial charge in [0, 0.05) is 6.54 Å². The van der Waals surface area contributed by atoms with Gasteiger partial charge in [0.25, 0.3) is 5.91 Å². The van der Waals surface area contributed by atoms with Gasteiger partial charge in [-0.15, -0.1) is 0 Å². The van der Waals surface area contributed by atoms with Crippen molar-refractivity contribution in [2.75, 3.05) is 40.9 Å². The molecule has 7 nitrogen and oxygen atoms in total. The molecule has 4 rings (SSSR count). The molecule has 0 N–H and O–H groups in total. The number of fused-ring (bicyclic) bond motifs is 2. The van der Waals surface area contributed by atoms with E-state index < -0.39 is 6.04 Å². The molecule has 1 atom stereocenters. The highest BCUT2D eigenvalue weighted by atomic mass is 16.5. The molecule has 0 aliphatic carbocycles. The van der Waals surface area contributed by atoms with Gasteiger partial charge in [-0.25, -0.2) is 0 Å². The number of hydrogen-bond donors (Lipinski definition) is 0. The first kappa shape index (κ1) is 24.8. The van der Waals surface area contributed by atoms with Crippen LogP contribution in [0.25, 0.3) is 11.0 Å². The molecule has 0 spiro atoms. The molecule has 7 heteroatoms. The monoisotopic (exact) mass is 478 g/mol. The molecule has 0 fully saturated rings. The minimum absolute atomic E-state index is 0.127. The third kappa shape index (κ3) is 5.05. The summed E-state index contributed by atoms with van der Waals surface area (Å²) < 4.78 is 17.6. The Hall–Kier alpha value is -3.32. The second kappa shape index (κ2) is 11.0. The van der Waals surface area contributed by atoms with Gasteiger partial charge in [0.15, 0.2) is 16.9 Å². The van der Waals surface area contributed by atoms with Gasteiger partial charge in [0.2, 0.25) is 5.76 Å². The van der Waals surface area contributed by atoms with Crippen LogP contribution < -0.4 is 14.9 Å². The van der Waals surface area contributed by atoms with E-state index in [4.69, 9.17) is 13.9 Å². The molecule has 1 unspecified atom stereocenters. The number of amides is 1. The van der Waals surface area contributed by atoms with Crippen molar-refractivity contribution in [1.82, 2.24) is 9.80 Å². The molecule has 2 heterocycles. The number of carbonyl (C=O) groups excluding carboxylic acids is 1. The molecule has 0 radical (unpaired) electrons. The predicted molar refractivity (Wildman–Crippen MR) is 137 cm³/mol. The first-order valence-electron chi connectivity index (χ1n) is 12.3. The summed E-state index contributed by atoms with van der Waals surface area (Å²) in [5, 5.41) is 0.474. The molecule has 0 saturated carbocycles. The second-order valence-corrected chi connectivity index (χ2v) is 9.19. The fraction of sp³-hybridized carbons (Fsp3) is 0.429. The third-order valence-corrected chi connectivity index (χ3v) is 6.39. The number of para-hydroxylation sites is 1. The summed E-state index contributed by atoms with van der Waals surface area (Å²) in [6, 6.07) is 12.2. The Balaban J connectivity index is 1.76. The fourth-order valence-corrected chi connectivity index (χ4v) is 4.61. The van der Waals surface area contributed by atoms with Crippen molar-refractivity contribution < 1.29 is 18.7 Å². The van der Waals surface area contributed by atoms with E-state index in [2.05, 4.69) is 11.8 Å². The lowest BCUT2D eigenvalue weighted by molar-refractivity contribution is 0.0722. The van der Waals surface area contributed by atoms with E-state index in [0.29, 0.717) is 41.2 Å². The number of unbranched alkanes of at least 4 members (excludes halogenated alkanes) is 2. The molecule has 1 aromatic heterocycles. The quantitative estimate of drug-likeness (QED) is 0.366. The second-order valence-electron chi connectivity index (χ2n) is 9.19. The zero-order chi connectivity index (χ0) is 24.9. The predicted octanol–water partition coefficient (Wildman–Crippen LogP) is 4.87. The van der Waals surface area contributed by atoms with Gasteiger partial charge in [-0.3, -0.25) is 9.59 Å². The maximum absolute atomic E-state index is 13.6. The third-order valence-electron chi connectivity index (χ3n) is 6.39. The molecule has 1 aliphatic heterocycles. The fourth-order valence-electron chi connectivity index (χ4n) is 4.61. The van der Waals surface area contributed by atoms with Crippen LogP contribution in [0.2, 0.25) is 0 Å². The summed E-state index contributed by atoms with van der Waals surface area (Å²) in [7, 11) is 5.60. The van der Waals surface area contributed by atoms with Crippen LogP contribution in [0.4, 0.5) is 0 Å². The Bertz CT molecular complexity index is 1250. The number of rotatable bonds is 11. The van der Waals surface area contributed by atoms with Gasteiger partial charge < -0.3 is 23.7 Å². The van der Waals surface area contributed by atoms with Crippen molar-refractivity contribution in [2.24, 2.45) is 0 Å². The number of ether oxygens (including phenoxy) is 2. The van der Waals surface area contributed by atoms with Gasteiger partial charge >= 0.3 is 0 Å². The average Bonchev–Trinajstić information content (AvgIpc) is 3.13. The van der Waals surface area contributed by atoms with E-state index in [9.17, 15) is 9.59 Å². The van der Waals surface area contributed by atoms with Crippen LogP contribution in [0, 0.1) is 0 Å². The van der Waals surface area contributed by atoms with Crippen molar-refractivity contribution in [1.29, 1.82) is 0 Å². The van der Waals surface area contributed by atoms with Crippen molar-refractivity contribution in [3.63, 3.8) is 0 Å². The van der Waals surface area contributed by atoms with Gasteiger partial charge in [-0.05, 0) is 63.3 Å². The first-order valence-corrected chi connectivity index (χ1v) is 12.3. The van der Waals surface area contributed by atoms with Crippen molar-refractivity contribution in [3.8, 4) is 11.5 Å². The maximum Gasteiger partial charge on any atom is 0.290 e. The summed E-state index contributed by atoms with van der Waals surface area (Å²) in [6.45, 7) is 4.09. The molecule has 1 amide bonds. The minimum Gasteiger partial charge on any atom is -0.493 e. The van der Waals surface area contributed by atoms with Gasteiger partial charge in [-0.2, -0.15) is 0 Å². The Kier molecular flexibility index (Phi) is 7.76. The smallest absolute Gasteiger partial charge is 0.290 e. The number of carbonyl (C=O) groups is 1. The Labute approximate surface area is 206 Å². The standard InChI is InChI=1S/C28H34N2O5/c1-5-6-9-17-34-22-14-13-19(18-23(22)33-4)25-24-26(31)20-11-7-8-12-21(20)35-27(24)28(32)30(25)16-10-15-29(2)3/h7-8,11-14,18,25H,5-6,9-10,15-17H2,1-4H3. The highest BCUT2D eigenvalue weighted by Gasteiger charge is 2.42. The van der Waals surface area contributed by atoms with Crippen LogP contribution in [0.3, 0.4) is 0 Å². The number of hydrogen-bond acceptors (Lipinski definition) is 6. The zero-order valence-electron chi connectivity index (χ0n) is 21.0. The zero-order valence-corrected chi connectivity index (χ0v) is 21.0. The largest absolute Gasteiger partial charge is 0.493 e. The van der Waals surface area contributed by atoms with Crippen LogP contribution in [0.5, 0.6) is 11.5 Å².